The molecule has 1 atom stereocenters. The van der Waals surface area contributed by atoms with Gasteiger partial charge in [0.05, 0.1) is 11.4 Å². The van der Waals surface area contributed by atoms with Crippen molar-refractivity contribution in [3.05, 3.63) is 60.7 Å². The van der Waals surface area contributed by atoms with Crippen molar-refractivity contribution in [1.82, 2.24) is 25.1 Å². The van der Waals surface area contributed by atoms with Crippen LogP contribution in [0.2, 0.25) is 0 Å². The Hall–Kier alpha value is -3.52. The molecule has 3 heterocycles. The van der Waals surface area contributed by atoms with Crippen molar-refractivity contribution in [2.45, 2.75) is 18.9 Å². The van der Waals surface area contributed by atoms with Gasteiger partial charge in [-0.3, -0.25) is 0 Å². The first kappa shape index (κ1) is 18.5. The second-order valence-electron chi connectivity index (χ2n) is 7.31. The van der Waals surface area contributed by atoms with E-state index in [0.29, 0.717) is 33.9 Å². The van der Waals surface area contributed by atoms with E-state index in [4.69, 9.17) is 15.6 Å². The van der Waals surface area contributed by atoms with Crippen molar-refractivity contribution < 1.29 is 9.13 Å². The summed E-state index contributed by atoms with van der Waals surface area (Å²) < 4.78 is 22.4. The van der Waals surface area contributed by atoms with Crippen molar-refractivity contribution in [2.75, 3.05) is 18.8 Å². The monoisotopic (exact) mass is 404 g/mol. The number of para-hydroxylation sites is 1. The minimum absolute atomic E-state index is 0.148. The zero-order valence-corrected chi connectivity index (χ0v) is 16.3. The molecule has 5 rings (SSSR count). The lowest BCUT2D eigenvalue weighted by Crippen LogP contribution is -2.32. The topological polar surface area (TPSA) is 90.9 Å². The fraction of sp³-hybridized carbons (Fsp3) is 0.227. The van der Waals surface area contributed by atoms with E-state index in [2.05, 4.69) is 15.3 Å². The number of nitrogens with zero attached hydrogens (tertiary/aromatic N) is 4. The lowest BCUT2D eigenvalue weighted by Gasteiger charge is -2.23. The second kappa shape index (κ2) is 7.72. The van der Waals surface area contributed by atoms with Gasteiger partial charge in [-0.25, -0.2) is 19.0 Å². The molecule has 1 aliphatic heterocycles. The molecular formula is C22H21FN6O. The summed E-state index contributed by atoms with van der Waals surface area (Å²) in [5.74, 6) is 0.569. The molecule has 152 valence electrons. The lowest BCUT2D eigenvalue weighted by molar-refractivity contribution is 0.354. The molecule has 0 aliphatic carbocycles. The molecule has 0 bridgehead atoms. The molecule has 1 saturated heterocycles. The normalized spacial score (nSPS) is 16.6. The molecule has 0 radical (unpaired) electrons. The van der Waals surface area contributed by atoms with Gasteiger partial charge in [-0.2, -0.15) is 5.10 Å². The first-order valence-corrected chi connectivity index (χ1v) is 9.93. The van der Waals surface area contributed by atoms with E-state index in [1.807, 2.05) is 22.9 Å². The highest BCUT2D eigenvalue weighted by atomic mass is 19.1. The highest BCUT2D eigenvalue weighted by molar-refractivity contribution is 5.98. The Morgan fingerprint density at radius 3 is 2.77 bits per heavy atom. The molecular weight excluding hydrogens is 383 g/mol. The predicted octanol–water partition coefficient (Wildman–Crippen LogP) is 3.93. The van der Waals surface area contributed by atoms with Gasteiger partial charge in [0, 0.05) is 12.1 Å². The van der Waals surface area contributed by atoms with Gasteiger partial charge in [-0.05, 0) is 49.7 Å². The summed E-state index contributed by atoms with van der Waals surface area (Å²) >= 11 is 0. The number of rotatable bonds is 4. The average Bonchev–Trinajstić information content (AvgIpc) is 3.18. The van der Waals surface area contributed by atoms with E-state index in [0.717, 1.165) is 25.9 Å². The van der Waals surface area contributed by atoms with Crippen LogP contribution in [-0.2, 0) is 0 Å². The van der Waals surface area contributed by atoms with E-state index in [1.165, 1.54) is 12.4 Å². The molecule has 3 N–H and O–H groups in total. The Balaban J connectivity index is 1.56. The molecule has 0 spiro atoms. The SMILES string of the molecule is Nc1ncnc2c1c(-c1ccc(Oc3ccccc3)c(F)c1)nn2[C@@H]1CCCNC1. The zero-order chi connectivity index (χ0) is 20.5. The maximum Gasteiger partial charge on any atom is 0.166 e. The van der Waals surface area contributed by atoms with Gasteiger partial charge in [0.1, 0.15) is 23.6 Å². The van der Waals surface area contributed by atoms with Crippen molar-refractivity contribution in [1.29, 1.82) is 0 Å². The number of nitrogens with two attached hydrogens (primary N) is 1. The minimum Gasteiger partial charge on any atom is -0.454 e. The van der Waals surface area contributed by atoms with Gasteiger partial charge < -0.3 is 15.8 Å². The summed E-state index contributed by atoms with van der Waals surface area (Å²) in [4.78, 5) is 8.55. The Bertz CT molecular complexity index is 1190. The summed E-state index contributed by atoms with van der Waals surface area (Å²) in [5.41, 5.74) is 8.00. The number of hydrogen-bond donors (Lipinski definition) is 2. The number of halogens is 1. The molecule has 0 saturated carbocycles. The van der Waals surface area contributed by atoms with E-state index in [9.17, 15) is 4.39 Å². The minimum atomic E-state index is -0.478. The molecule has 7 nitrogen and oxygen atoms in total. The van der Waals surface area contributed by atoms with Gasteiger partial charge in [0.25, 0.3) is 0 Å². The largest absolute Gasteiger partial charge is 0.454 e. The third-order valence-corrected chi connectivity index (χ3v) is 5.31. The third-order valence-electron chi connectivity index (χ3n) is 5.31. The number of nitrogen functional groups attached to an aromatic ring is 1. The maximum atomic E-state index is 14.9. The summed E-state index contributed by atoms with van der Waals surface area (Å²) in [7, 11) is 0. The molecule has 1 fully saturated rings. The smallest absolute Gasteiger partial charge is 0.166 e. The third kappa shape index (κ3) is 3.35. The van der Waals surface area contributed by atoms with Crippen LogP contribution in [0.25, 0.3) is 22.3 Å². The van der Waals surface area contributed by atoms with E-state index in [1.54, 1.807) is 24.3 Å². The van der Waals surface area contributed by atoms with Crippen LogP contribution in [0.5, 0.6) is 11.5 Å². The summed E-state index contributed by atoms with van der Waals surface area (Å²) in [5, 5.41) is 8.81. The number of benzene rings is 2. The van der Waals surface area contributed by atoms with Crippen LogP contribution < -0.4 is 15.8 Å². The first-order chi connectivity index (χ1) is 14.7. The summed E-state index contributed by atoms with van der Waals surface area (Å²) in [6.45, 7) is 1.80. The van der Waals surface area contributed by atoms with Crippen molar-refractivity contribution in [3.8, 4) is 22.8 Å². The maximum absolute atomic E-state index is 14.9. The summed E-state index contributed by atoms with van der Waals surface area (Å²) in [6, 6.07) is 14.1. The van der Waals surface area contributed by atoms with Crippen LogP contribution in [0, 0.1) is 5.82 Å². The number of fused-ring (bicyclic) bond motifs is 1. The summed E-state index contributed by atoms with van der Waals surface area (Å²) in [6.07, 6.45) is 3.49. The molecule has 2 aromatic heterocycles. The Kier molecular flexibility index (Phi) is 4.76. The number of piperidine rings is 1. The van der Waals surface area contributed by atoms with E-state index >= 15 is 0 Å². The fourth-order valence-corrected chi connectivity index (χ4v) is 3.84. The number of nitrogens with one attached hydrogen (secondary N) is 1. The number of aromatic nitrogens is 4. The molecule has 1 aliphatic rings. The van der Waals surface area contributed by atoms with E-state index in [-0.39, 0.29) is 11.8 Å². The van der Waals surface area contributed by atoms with Crippen LogP contribution in [0.3, 0.4) is 0 Å². The first-order valence-electron chi connectivity index (χ1n) is 9.93. The molecule has 30 heavy (non-hydrogen) atoms. The van der Waals surface area contributed by atoms with Crippen LogP contribution in [-0.4, -0.2) is 32.8 Å². The second-order valence-corrected chi connectivity index (χ2v) is 7.31. The molecule has 0 amide bonds. The quantitative estimate of drug-likeness (QED) is 0.536. The van der Waals surface area contributed by atoms with Crippen LogP contribution in [0.15, 0.2) is 54.9 Å². The van der Waals surface area contributed by atoms with Gasteiger partial charge >= 0.3 is 0 Å². The Labute approximate surface area is 172 Å². The molecule has 8 heteroatoms. The molecule has 4 aromatic rings. The standard InChI is InChI=1S/C22H21FN6O/c23-17-11-14(8-9-18(17)30-16-6-2-1-3-7-16)20-19-21(24)26-13-27-22(19)29(28-20)15-5-4-10-25-12-15/h1-3,6-9,11,13,15,25H,4-5,10,12H2,(H2,24,26,27)/t15-/m1/s1. The highest BCUT2D eigenvalue weighted by Gasteiger charge is 2.24. The molecule has 2 aromatic carbocycles. The van der Waals surface area contributed by atoms with Crippen molar-refractivity contribution in [2.24, 2.45) is 0 Å². The highest BCUT2D eigenvalue weighted by Crippen LogP contribution is 2.35. The van der Waals surface area contributed by atoms with Crippen molar-refractivity contribution in [3.63, 3.8) is 0 Å². The molecule has 0 unspecified atom stereocenters. The average molecular weight is 404 g/mol. The van der Waals surface area contributed by atoms with Crippen LogP contribution in [0.4, 0.5) is 10.2 Å². The van der Waals surface area contributed by atoms with Gasteiger partial charge in [0.15, 0.2) is 17.2 Å². The van der Waals surface area contributed by atoms with Gasteiger partial charge in [-0.1, -0.05) is 18.2 Å². The van der Waals surface area contributed by atoms with Crippen LogP contribution >= 0.6 is 0 Å². The number of anilines is 1. The van der Waals surface area contributed by atoms with Gasteiger partial charge in [0.2, 0.25) is 0 Å². The Morgan fingerprint density at radius 1 is 1.13 bits per heavy atom. The number of ether oxygens (including phenoxy) is 1. The van der Waals surface area contributed by atoms with E-state index < -0.39 is 5.82 Å². The fourth-order valence-electron chi connectivity index (χ4n) is 3.84. The van der Waals surface area contributed by atoms with Crippen molar-refractivity contribution >= 4 is 16.9 Å². The number of hydrogen-bond acceptors (Lipinski definition) is 6. The lowest BCUT2D eigenvalue weighted by atomic mass is 10.1. The Morgan fingerprint density at radius 2 is 2.00 bits per heavy atom. The van der Waals surface area contributed by atoms with Gasteiger partial charge in [-0.15, -0.1) is 0 Å². The van der Waals surface area contributed by atoms with Crippen LogP contribution in [0.1, 0.15) is 18.9 Å². The zero-order valence-electron chi connectivity index (χ0n) is 16.3. The predicted molar refractivity (Wildman–Crippen MR) is 113 cm³/mol.